The minimum Gasteiger partial charge on any atom is -0.481 e. The van der Waals surface area contributed by atoms with Gasteiger partial charge in [-0.25, -0.2) is 0 Å². The van der Waals surface area contributed by atoms with Gasteiger partial charge in [-0.15, -0.1) is 0 Å². The summed E-state index contributed by atoms with van der Waals surface area (Å²) in [6.07, 6.45) is 0.222. The number of aliphatic carboxylic acids is 2. The molecule has 0 aliphatic carbocycles. The summed E-state index contributed by atoms with van der Waals surface area (Å²) in [5.41, 5.74) is -0.0318. The van der Waals surface area contributed by atoms with Crippen LogP contribution in [0.15, 0.2) is 60.7 Å². The predicted octanol–water partition coefficient (Wildman–Crippen LogP) is 2.22. The zero-order chi connectivity index (χ0) is 17.6. The third-order valence-electron chi connectivity index (χ3n) is 4.33. The molecule has 126 valence electrons. The fourth-order valence-electron chi connectivity index (χ4n) is 2.96. The quantitative estimate of drug-likeness (QED) is 0.692. The van der Waals surface area contributed by atoms with Crippen LogP contribution in [-0.4, -0.2) is 34.7 Å². The van der Waals surface area contributed by atoms with Crippen molar-refractivity contribution in [2.75, 3.05) is 7.05 Å². The van der Waals surface area contributed by atoms with Crippen molar-refractivity contribution in [1.82, 2.24) is 5.32 Å². The van der Waals surface area contributed by atoms with E-state index in [1.807, 2.05) is 36.4 Å². The topological polar surface area (TPSA) is 86.6 Å². The standard InChI is InChI=1S/C19H21NO4/c1-20-19(18(23)24,13-15-10-6-3-7-11-15)16(17(21)22)12-14-8-4-2-5-9-14/h2-11,16,20H,12-13H2,1H3,(H,21,22)(H,23,24). The van der Waals surface area contributed by atoms with E-state index in [9.17, 15) is 19.8 Å². The molecule has 5 heteroatoms. The fraction of sp³-hybridized carbons (Fsp3) is 0.263. The average molecular weight is 327 g/mol. The molecule has 0 saturated heterocycles. The number of rotatable bonds is 8. The number of carboxylic acids is 2. The zero-order valence-electron chi connectivity index (χ0n) is 13.5. The Morgan fingerprint density at radius 3 is 1.88 bits per heavy atom. The van der Waals surface area contributed by atoms with E-state index in [2.05, 4.69) is 5.32 Å². The molecule has 2 unspecified atom stereocenters. The highest BCUT2D eigenvalue weighted by atomic mass is 16.4. The number of carboxylic acid groups (broad SMARTS) is 2. The van der Waals surface area contributed by atoms with Crippen LogP contribution in [0.5, 0.6) is 0 Å². The second-order valence-electron chi connectivity index (χ2n) is 5.77. The van der Waals surface area contributed by atoms with Crippen LogP contribution in [0.2, 0.25) is 0 Å². The normalized spacial score (nSPS) is 14.5. The molecule has 0 aromatic heterocycles. The van der Waals surface area contributed by atoms with Gasteiger partial charge in [0.1, 0.15) is 5.54 Å². The van der Waals surface area contributed by atoms with Crippen molar-refractivity contribution >= 4 is 11.9 Å². The highest BCUT2D eigenvalue weighted by Crippen LogP contribution is 2.27. The molecule has 0 fully saturated rings. The summed E-state index contributed by atoms with van der Waals surface area (Å²) in [4.78, 5) is 24.0. The molecule has 5 nitrogen and oxygen atoms in total. The third-order valence-corrected chi connectivity index (χ3v) is 4.33. The van der Waals surface area contributed by atoms with E-state index in [4.69, 9.17) is 0 Å². The van der Waals surface area contributed by atoms with E-state index in [-0.39, 0.29) is 12.8 Å². The van der Waals surface area contributed by atoms with Crippen LogP contribution in [0.25, 0.3) is 0 Å². The van der Waals surface area contributed by atoms with Crippen molar-refractivity contribution in [2.24, 2.45) is 5.92 Å². The first kappa shape index (κ1) is 17.7. The minimum atomic E-state index is -1.59. The summed E-state index contributed by atoms with van der Waals surface area (Å²) in [6, 6.07) is 18.1. The number of hydrogen-bond donors (Lipinski definition) is 3. The van der Waals surface area contributed by atoms with Crippen molar-refractivity contribution in [3.8, 4) is 0 Å². The second kappa shape index (κ2) is 7.75. The van der Waals surface area contributed by atoms with Crippen molar-refractivity contribution < 1.29 is 19.8 Å². The second-order valence-corrected chi connectivity index (χ2v) is 5.77. The molecule has 2 aromatic carbocycles. The molecule has 0 saturated carbocycles. The average Bonchev–Trinajstić information content (AvgIpc) is 2.59. The first-order valence-electron chi connectivity index (χ1n) is 7.72. The number of hydrogen-bond acceptors (Lipinski definition) is 3. The van der Waals surface area contributed by atoms with E-state index in [1.165, 1.54) is 7.05 Å². The summed E-state index contributed by atoms with van der Waals surface area (Å²) in [7, 11) is 1.50. The largest absolute Gasteiger partial charge is 0.481 e. The van der Waals surface area contributed by atoms with Gasteiger partial charge in [-0.1, -0.05) is 60.7 Å². The molecule has 24 heavy (non-hydrogen) atoms. The van der Waals surface area contributed by atoms with Crippen LogP contribution in [-0.2, 0) is 22.4 Å². The Kier molecular flexibility index (Phi) is 5.71. The van der Waals surface area contributed by atoms with Crippen LogP contribution < -0.4 is 5.32 Å². The highest BCUT2D eigenvalue weighted by Gasteiger charge is 2.48. The summed E-state index contributed by atoms with van der Waals surface area (Å²) >= 11 is 0. The summed E-state index contributed by atoms with van der Waals surface area (Å²) in [5, 5.41) is 22.4. The van der Waals surface area contributed by atoms with E-state index in [0.29, 0.717) is 0 Å². The van der Waals surface area contributed by atoms with Crippen molar-refractivity contribution in [3.63, 3.8) is 0 Å². The molecule has 0 aliphatic rings. The van der Waals surface area contributed by atoms with Crippen LogP contribution in [0.1, 0.15) is 11.1 Å². The molecule has 3 N–H and O–H groups in total. The minimum absolute atomic E-state index is 0.0868. The van der Waals surface area contributed by atoms with E-state index in [1.54, 1.807) is 24.3 Å². The maximum Gasteiger partial charge on any atom is 0.325 e. The fourth-order valence-corrected chi connectivity index (χ4v) is 2.96. The molecule has 0 amide bonds. The van der Waals surface area contributed by atoms with Crippen LogP contribution in [0.4, 0.5) is 0 Å². The van der Waals surface area contributed by atoms with Gasteiger partial charge in [0.2, 0.25) is 0 Å². The number of carbonyl (C=O) groups is 2. The number of nitrogens with one attached hydrogen (secondary N) is 1. The Morgan fingerprint density at radius 2 is 1.46 bits per heavy atom. The lowest BCUT2D eigenvalue weighted by molar-refractivity contribution is -0.157. The Labute approximate surface area is 141 Å². The molecule has 0 spiro atoms. The first-order valence-corrected chi connectivity index (χ1v) is 7.72. The Morgan fingerprint density at radius 1 is 0.958 bits per heavy atom. The van der Waals surface area contributed by atoms with Gasteiger partial charge >= 0.3 is 11.9 Å². The molecular weight excluding hydrogens is 306 g/mol. The SMILES string of the molecule is CNC(Cc1ccccc1)(C(=O)O)C(Cc1ccccc1)C(=O)O. The Balaban J connectivity index is 2.42. The third kappa shape index (κ3) is 3.81. The van der Waals surface area contributed by atoms with Gasteiger partial charge in [0, 0.05) is 6.42 Å². The van der Waals surface area contributed by atoms with Gasteiger partial charge in [0.05, 0.1) is 5.92 Å². The van der Waals surface area contributed by atoms with Crippen molar-refractivity contribution in [1.29, 1.82) is 0 Å². The van der Waals surface area contributed by atoms with Gasteiger partial charge in [-0.3, -0.25) is 9.59 Å². The van der Waals surface area contributed by atoms with Crippen molar-refractivity contribution in [2.45, 2.75) is 18.4 Å². The van der Waals surface area contributed by atoms with Gasteiger partial charge in [-0.05, 0) is 24.6 Å². The maximum atomic E-state index is 12.1. The highest BCUT2D eigenvalue weighted by molar-refractivity contribution is 5.87. The smallest absolute Gasteiger partial charge is 0.325 e. The lowest BCUT2D eigenvalue weighted by atomic mass is 9.75. The Bertz CT molecular complexity index is 687. The van der Waals surface area contributed by atoms with E-state index in [0.717, 1.165) is 11.1 Å². The van der Waals surface area contributed by atoms with Crippen LogP contribution >= 0.6 is 0 Å². The van der Waals surface area contributed by atoms with Gasteiger partial charge in [0.15, 0.2) is 0 Å². The molecule has 0 bridgehead atoms. The van der Waals surface area contributed by atoms with Crippen LogP contribution in [0, 0.1) is 5.92 Å². The lowest BCUT2D eigenvalue weighted by Crippen LogP contribution is -2.60. The summed E-state index contributed by atoms with van der Waals surface area (Å²) in [5.74, 6) is -3.41. The zero-order valence-corrected chi connectivity index (χ0v) is 13.5. The molecule has 2 rings (SSSR count). The van der Waals surface area contributed by atoms with Gasteiger partial charge < -0.3 is 15.5 Å². The Hall–Kier alpha value is -2.66. The van der Waals surface area contributed by atoms with E-state index < -0.39 is 23.4 Å². The molecule has 2 atom stereocenters. The summed E-state index contributed by atoms with van der Waals surface area (Å²) in [6.45, 7) is 0. The monoisotopic (exact) mass is 327 g/mol. The first-order chi connectivity index (χ1) is 11.5. The van der Waals surface area contributed by atoms with Gasteiger partial charge in [-0.2, -0.15) is 0 Å². The number of benzene rings is 2. The molecule has 0 aliphatic heterocycles. The van der Waals surface area contributed by atoms with Crippen molar-refractivity contribution in [3.05, 3.63) is 71.8 Å². The predicted molar refractivity (Wildman–Crippen MR) is 90.8 cm³/mol. The molecule has 2 aromatic rings. The molecule has 0 radical (unpaired) electrons. The van der Waals surface area contributed by atoms with Crippen LogP contribution in [0.3, 0.4) is 0 Å². The maximum absolute atomic E-state index is 12.1. The number of likely N-dealkylation sites (N-methyl/N-ethyl adjacent to an activating group) is 1. The van der Waals surface area contributed by atoms with Gasteiger partial charge in [0.25, 0.3) is 0 Å². The molecular formula is C19H21NO4. The van der Waals surface area contributed by atoms with E-state index >= 15 is 0 Å². The lowest BCUT2D eigenvalue weighted by Gasteiger charge is -2.35. The molecule has 0 heterocycles. The summed E-state index contributed by atoms with van der Waals surface area (Å²) < 4.78 is 0.